The summed E-state index contributed by atoms with van der Waals surface area (Å²) in [6.45, 7) is 15.6. The zero-order valence-electron chi connectivity index (χ0n) is 14.2. The van der Waals surface area contributed by atoms with Crippen molar-refractivity contribution < 1.29 is 4.79 Å². The van der Waals surface area contributed by atoms with Crippen LogP contribution in [0.25, 0.3) is 0 Å². The normalized spacial score (nSPS) is 17.1. The maximum atomic E-state index is 10.3. The minimum Gasteiger partial charge on any atom is -0.318 e. The van der Waals surface area contributed by atoms with E-state index in [4.69, 9.17) is 0 Å². The standard InChI is InChI=1S/C12H24N2O.C4H11N/c1-12(2)4-6-14-9-7-13(8-10-14)5-3-11-15;1-4(2)5-3/h11-12H,3-10H2,1-2H3;4-5H,1-3H3. The van der Waals surface area contributed by atoms with E-state index in [0.29, 0.717) is 12.5 Å². The first-order valence-electron chi connectivity index (χ1n) is 8.05. The van der Waals surface area contributed by atoms with Crippen LogP contribution in [0.1, 0.15) is 40.5 Å². The first kappa shape index (κ1) is 19.6. The molecule has 4 nitrogen and oxygen atoms in total. The van der Waals surface area contributed by atoms with Crippen LogP contribution >= 0.6 is 0 Å². The molecule has 1 rings (SSSR count). The van der Waals surface area contributed by atoms with Crippen LogP contribution in [0.2, 0.25) is 0 Å². The predicted octanol–water partition coefficient (Wildman–Crippen LogP) is 1.85. The Bertz CT molecular complexity index is 224. The van der Waals surface area contributed by atoms with E-state index in [2.05, 4.69) is 42.8 Å². The fourth-order valence-electron chi connectivity index (χ4n) is 1.91. The maximum Gasteiger partial charge on any atom is 0.121 e. The molecule has 120 valence electrons. The van der Waals surface area contributed by atoms with Gasteiger partial charge in [-0.3, -0.25) is 0 Å². The number of nitrogens with zero attached hydrogens (tertiary/aromatic N) is 2. The molecule has 0 amide bonds. The summed E-state index contributed by atoms with van der Waals surface area (Å²) in [5, 5.41) is 3.03. The molecule has 1 aliphatic heterocycles. The molecule has 0 aromatic carbocycles. The van der Waals surface area contributed by atoms with Crippen molar-refractivity contribution in [3.05, 3.63) is 0 Å². The van der Waals surface area contributed by atoms with E-state index in [1.807, 2.05) is 7.05 Å². The molecule has 1 heterocycles. The van der Waals surface area contributed by atoms with Crippen LogP contribution in [0.4, 0.5) is 0 Å². The summed E-state index contributed by atoms with van der Waals surface area (Å²) in [6, 6.07) is 0.634. The Morgan fingerprint density at radius 1 is 1.00 bits per heavy atom. The number of nitrogens with one attached hydrogen (secondary N) is 1. The van der Waals surface area contributed by atoms with Gasteiger partial charge in [0.25, 0.3) is 0 Å². The lowest BCUT2D eigenvalue weighted by Crippen LogP contribution is -2.46. The Morgan fingerprint density at radius 2 is 1.45 bits per heavy atom. The quantitative estimate of drug-likeness (QED) is 0.724. The van der Waals surface area contributed by atoms with E-state index >= 15 is 0 Å². The van der Waals surface area contributed by atoms with Crippen LogP contribution in [-0.2, 0) is 4.79 Å². The fourth-order valence-corrected chi connectivity index (χ4v) is 1.91. The molecule has 0 spiro atoms. The molecule has 0 aromatic heterocycles. The van der Waals surface area contributed by atoms with Crippen molar-refractivity contribution >= 4 is 6.29 Å². The molecule has 0 aliphatic carbocycles. The maximum absolute atomic E-state index is 10.3. The monoisotopic (exact) mass is 285 g/mol. The van der Waals surface area contributed by atoms with E-state index in [1.54, 1.807) is 0 Å². The third-order valence-electron chi connectivity index (χ3n) is 3.63. The van der Waals surface area contributed by atoms with Crippen molar-refractivity contribution in [2.45, 2.75) is 46.6 Å². The second kappa shape index (κ2) is 12.3. The molecule has 1 saturated heterocycles. The van der Waals surface area contributed by atoms with Crippen molar-refractivity contribution in [1.29, 1.82) is 0 Å². The smallest absolute Gasteiger partial charge is 0.121 e. The number of hydrogen-bond donors (Lipinski definition) is 1. The average molecular weight is 285 g/mol. The molecule has 4 heteroatoms. The van der Waals surface area contributed by atoms with Crippen molar-refractivity contribution in [3.63, 3.8) is 0 Å². The van der Waals surface area contributed by atoms with Crippen LogP contribution in [0.3, 0.4) is 0 Å². The molecular formula is C16H35N3O. The molecule has 1 fully saturated rings. The lowest BCUT2D eigenvalue weighted by atomic mass is 10.1. The molecule has 1 aliphatic rings. The van der Waals surface area contributed by atoms with Gasteiger partial charge in [-0.05, 0) is 25.9 Å². The van der Waals surface area contributed by atoms with Crippen molar-refractivity contribution in [2.75, 3.05) is 46.3 Å². The summed E-state index contributed by atoms with van der Waals surface area (Å²) < 4.78 is 0. The Balaban J connectivity index is 0.000000621. The predicted molar refractivity (Wildman–Crippen MR) is 87.2 cm³/mol. The topological polar surface area (TPSA) is 35.6 Å². The van der Waals surface area contributed by atoms with Gasteiger partial charge in [-0.2, -0.15) is 0 Å². The largest absolute Gasteiger partial charge is 0.318 e. The van der Waals surface area contributed by atoms with Gasteiger partial charge in [0.05, 0.1) is 0 Å². The van der Waals surface area contributed by atoms with Crippen molar-refractivity contribution in [2.24, 2.45) is 5.92 Å². The number of carbonyl (C=O) groups is 1. The Labute approximate surface area is 125 Å². The van der Waals surface area contributed by atoms with E-state index in [0.717, 1.165) is 31.8 Å². The highest BCUT2D eigenvalue weighted by molar-refractivity contribution is 5.49. The summed E-state index contributed by atoms with van der Waals surface area (Å²) in [7, 11) is 1.95. The Hall–Kier alpha value is -0.450. The highest BCUT2D eigenvalue weighted by atomic mass is 16.1. The average Bonchev–Trinajstić information content (AvgIpc) is 2.44. The van der Waals surface area contributed by atoms with E-state index < -0.39 is 0 Å². The van der Waals surface area contributed by atoms with Gasteiger partial charge < -0.3 is 19.9 Å². The van der Waals surface area contributed by atoms with E-state index in [1.165, 1.54) is 26.1 Å². The van der Waals surface area contributed by atoms with Gasteiger partial charge in [0, 0.05) is 45.2 Å². The second-order valence-electron chi connectivity index (χ2n) is 6.26. The van der Waals surface area contributed by atoms with Gasteiger partial charge in [-0.1, -0.05) is 27.7 Å². The zero-order valence-corrected chi connectivity index (χ0v) is 14.2. The molecule has 0 radical (unpaired) electrons. The van der Waals surface area contributed by atoms with Crippen molar-refractivity contribution in [3.8, 4) is 0 Å². The number of piperazine rings is 1. The SMILES string of the molecule is CC(C)CCN1CCN(CCC=O)CC1.CNC(C)C. The van der Waals surface area contributed by atoms with Crippen LogP contribution in [0.15, 0.2) is 0 Å². The van der Waals surface area contributed by atoms with Gasteiger partial charge in [-0.25, -0.2) is 0 Å². The van der Waals surface area contributed by atoms with Crippen LogP contribution in [0, 0.1) is 5.92 Å². The molecule has 20 heavy (non-hydrogen) atoms. The minimum atomic E-state index is 0.634. The van der Waals surface area contributed by atoms with Crippen molar-refractivity contribution in [1.82, 2.24) is 15.1 Å². The molecular weight excluding hydrogens is 250 g/mol. The fraction of sp³-hybridized carbons (Fsp3) is 0.938. The van der Waals surface area contributed by atoms with Crippen LogP contribution < -0.4 is 5.32 Å². The third-order valence-corrected chi connectivity index (χ3v) is 3.63. The highest BCUT2D eigenvalue weighted by Gasteiger charge is 2.15. The summed E-state index contributed by atoms with van der Waals surface area (Å²) in [5.41, 5.74) is 0. The van der Waals surface area contributed by atoms with Gasteiger partial charge >= 0.3 is 0 Å². The number of hydrogen-bond acceptors (Lipinski definition) is 4. The molecule has 0 unspecified atom stereocenters. The van der Waals surface area contributed by atoms with Gasteiger partial charge in [0.2, 0.25) is 0 Å². The highest BCUT2D eigenvalue weighted by Crippen LogP contribution is 2.06. The van der Waals surface area contributed by atoms with Crippen LogP contribution in [0.5, 0.6) is 0 Å². The molecule has 0 bridgehead atoms. The molecule has 0 saturated carbocycles. The first-order chi connectivity index (χ1) is 9.49. The molecule has 0 aromatic rings. The Kier molecular flexibility index (Phi) is 12.0. The Morgan fingerprint density at radius 3 is 1.80 bits per heavy atom. The number of rotatable bonds is 7. The van der Waals surface area contributed by atoms with E-state index in [9.17, 15) is 4.79 Å². The first-order valence-corrected chi connectivity index (χ1v) is 8.05. The van der Waals surface area contributed by atoms with E-state index in [-0.39, 0.29) is 0 Å². The van der Waals surface area contributed by atoms with Gasteiger partial charge in [0.1, 0.15) is 6.29 Å². The summed E-state index contributed by atoms with van der Waals surface area (Å²) in [4.78, 5) is 15.2. The summed E-state index contributed by atoms with van der Waals surface area (Å²) in [5.74, 6) is 0.804. The third kappa shape index (κ3) is 11.4. The minimum absolute atomic E-state index is 0.634. The van der Waals surface area contributed by atoms with Crippen LogP contribution in [-0.4, -0.2) is 68.4 Å². The lowest BCUT2D eigenvalue weighted by molar-refractivity contribution is -0.108. The summed E-state index contributed by atoms with van der Waals surface area (Å²) >= 11 is 0. The second-order valence-corrected chi connectivity index (χ2v) is 6.26. The number of carbonyl (C=O) groups excluding carboxylic acids is 1. The molecule has 1 N–H and O–H groups in total. The van der Waals surface area contributed by atoms with Gasteiger partial charge in [-0.15, -0.1) is 0 Å². The molecule has 0 atom stereocenters. The van der Waals surface area contributed by atoms with Gasteiger partial charge in [0.15, 0.2) is 0 Å². The lowest BCUT2D eigenvalue weighted by Gasteiger charge is -2.34. The zero-order chi connectivity index (χ0) is 15.4. The number of aldehydes is 1. The summed E-state index contributed by atoms with van der Waals surface area (Å²) in [6.07, 6.45) is 3.01.